The average molecular weight is 799 g/mol. The Morgan fingerprint density at radius 2 is 1.05 bits per heavy atom. The maximum atomic E-state index is 7.21. The van der Waals surface area contributed by atoms with Crippen molar-refractivity contribution in [2.24, 2.45) is 0 Å². The van der Waals surface area contributed by atoms with Gasteiger partial charge in [0.05, 0.1) is 44.9 Å². The molecule has 4 aliphatic heterocycles. The van der Waals surface area contributed by atoms with E-state index in [0.717, 1.165) is 22.3 Å². The molecule has 4 aliphatic rings. The van der Waals surface area contributed by atoms with Crippen LogP contribution < -0.4 is 0 Å². The van der Waals surface area contributed by atoms with Gasteiger partial charge in [-0.25, -0.2) is 0 Å². The van der Waals surface area contributed by atoms with Crippen LogP contribution in [0, 0.1) is 0 Å². The van der Waals surface area contributed by atoms with E-state index in [2.05, 4.69) is 48.5 Å². The van der Waals surface area contributed by atoms with E-state index in [-0.39, 0.29) is 18.0 Å². The quantitative estimate of drug-likeness (QED) is 0.111. The molecule has 10 atom stereocenters. The monoisotopic (exact) mass is 798 g/mol. The molecule has 0 bridgehead atoms. The van der Waals surface area contributed by atoms with E-state index >= 15 is 0 Å². The van der Waals surface area contributed by atoms with E-state index in [4.69, 9.17) is 47.4 Å². The molecule has 11 heteroatoms. The minimum atomic E-state index is -0.826. The van der Waals surface area contributed by atoms with Crippen molar-refractivity contribution in [1.29, 1.82) is 0 Å². The maximum Gasteiger partial charge on any atom is 0.188 e. The van der Waals surface area contributed by atoms with Crippen molar-refractivity contribution in [1.82, 2.24) is 0 Å². The van der Waals surface area contributed by atoms with Crippen LogP contribution in [0.1, 0.15) is 49.9 Å². The number of hydrogen-bond acceptors (Lipinski definition) is 11. The summed E-state index contributed by atoms with van der Waals surface area (Å²) in [6, 6.07) is 40.6. The summed E-state index contributed by atoms with van der Waals surface area (Å²) < 4.78 is 66.5. The molecule has 0 radical (unpaired) electrons. The van der Waals surface area contributed by atoms with Crippen LogP contribution >= 0.6 is 11.8 Å². The molecular weight excluding hydrogens is 745 g/mol. The number of fused-ring (bicyclic) bond motifs is 1. The number of hydrogen-bond donors (Lipinski definition) is 0. The van der Waals surface area contributed by atoms with Crippen LogP contribution in [0.4, 0.5) is 0 Å². The fourth-order valence-corrected chi connectivity index (χ4v) is 9.49. The van der Waals surface area contributed by atoms with E-state index in [1.54, 1.807) is 11.8 Å². The van der Waals surface area contributed by atoms with Gasteiger partial charge in [0.1, 0.15) is 48.2 Å². The Balaban J connectivity index is 1.14. The molecule has 4 saturated heterocycles. The van der Waals surface area contributed by atoms with E-state index in [1.807, 2.05) is 100 Å². The molecule has 8 rings (SSSR count). The van der Waals surface area contributed by atoms with E-state index < -0.39 is 59.9 Å². The molecule has 0 N–H and O–H groups in total. The highest BCUT2D eigenvalue weighted by Crippen LogP contribution is 2.48. The Morgan fingerprint density at radius 3 is 1.58 bits per heavy atom. The van der Waals surface area contributed by atoms with Crippen LogP contribution in [0.5, 0.6) is 0 Å². The number of benzene rings is 4. The summed E-state index contributed by atoms with van der Waals surface area (Å²) in [5.74, 6) is -1.57. The summed E-state index contributed by atoms with van der Waals surface area (Å²) in [4.78, 5) is 0. The van der Waals surface area contributed by atoms with Gasteiger partial charge in [-0.3, -0.25) is 0 Å². The van der Waals surface area contributed by atoms with E-state index in [0.29, 0.717) is 33.0 Å². The van der Waals surface area contributed by atoms with Crippen LogP contribution in [0.15, 0.2) is 121 Å². The first-order valence-corrected chi connectivity index (χ1v) is 20.9. The molecule has 0 unspecified atom stereocenters. The Hall–Kier alpha value is -3.17. The zero-order valence-corrected chi connectivity index (χ0v) is 33.9. The predicted octanol–water partition coefficient (Wildman–Crippen LogP) is 7.81. The molecule has 10 nitrogen and oxygen atoms in total. The minimum absolute atomic E-state index is 0.263. The van der Waals surface area contributed by atoms with Crippen molar-refractivity contribution in [2.45, 2.75) is 125 Å². The zero-order chi connectivity index (χ0) is 39.2. The van der Waals surface area contributed by atoms with Crippen molar-refractivity contribution in [3.05, 3.63) is 144 Å². The molecule has 0 spiro atoms. The highest BCUT2D eigenvalue weighted by atomic mass is 32.2. The van der Waals surface area contributed by atoms with Gasteiger partial charge in [-0.15, -0.1) is 11.8 Å². The SMILES string of the molecule is CC1(C)O[C@H]2O[C@H]([C@H]3COC(C)(C)O3)[C@H](S[C@H]3O[C@H](COCc4ccccc4)[C@@H](OCc4ccccc4)[C@H](OCc4ccccc4)[C@H]3OCc3ccccc3)[C@H]2O1. The smallest absolute Gasteiger partial charge is 0.188 e. The number of thioether (sulfide) groups is 1. The third kappa shape index (κ3) is 10.4. The Labute approximate surface area is 340 Å². The Kier molecular flexibility index (Phi) is 13.1. The third-order valence-corrected chi connectivity index (χ3v) is 12.1. The molecule has 4 aromatic rings. The normalized spacial score (nSPS) is 31.6. The molecular formula is C46H54O10S. The summed E-state index contributed by atoms with van der Waals surface area (Å²) in [6.45, 7) is 9.78. The standard InChI is InChI=1S/C46H54O10S/c1-45(2)51-30-36(54-45)38-42(41-43(53-38)56-46(3,4)55-41)57-44-40(50-28-34-23-15-8-16-24-34)39(49-27-33-21-13-7-14-22-33)37(48-26-32-19-11-6-12-20-32)35(52-44)29-47-25-31-17-9-5-10-18-31/h5-24,35-44H,25-30H2,1-4H3/t35-,36-,37-,38-,39+,40-,41-,42+,43-,44-/m1/s1. The molecule has 0 saturated carbocycles. The Bertz CT molecular complexity index is 1820. The summed E-state index contributed by atoms with van der Waals surface area (Å²) in [7, 11) is 0. The Morgan fingerprint density at radius 1 is 0.544 bits per heavy atom. The first-order valence-electron chi connectivity index (χ1n) is 19.9. The van der Waals surface area contributed by atoms with Crippen molar-refractivity contribution in [3.63, 3.8) is 0 Å². The lowest BCUT2D eigenvalue weighted by molar-refractivity contribution is -0.255. The van der Waals surface area contributed by atoms with Crippen molar-refractivity contribution < 1.29 is 47.4 Å². The molecule has 0 aliphatic carbocycles. The van der Waals surface area contributed by atoms with Gasteiger partial charge < -0.3 is 47.4 Å². The van der Waals surface area contributed by atoms with Crippen LogP contribution in [0.2, 0.25) is 0 Å². The highest BCUT2D eigenvalue weighted by Gasteiger charge is 2.60. The molecule has 57 heavy (non-hydrogen) atoms. The lowest BCUT2D eigenvalue weighted by Gasteiger charge is -2.47. The maximum absolute atomic E-state index is 7.21. The van der Waals surface area contributed by atoms with Crippen molar-refractivity contribution in [2.75, 3.05) is 13.2 Å². The number of rotatable bonds is 16. The lowest BCUT2D eigenvalue weighted by atomic mass is 9.98. The van der Waals surface area contributed by atoms with Gasteiger partial charge in [0.25, 0.3) is 0 Å². The summed E-state index contributed by atoms with van der Waals surface area (Å²) in [6.07, 6.45) is -3.96. The zero-order valence-electron chi connectivity index (χ0n) is 33.1. The average Bonchev–Trinajstić information content (AvgIpc) is 3.85. The first-order chi connectivity index (χ1) is 27.7. The molecule has 4 heterocycles. The largest absolute Gasteiger partial charge is 0.374 e. The predicted molar refractivity (Wildman–Crippen MR) is 215 cm³/mol. The highest BCUT2D eigenvalue weighted by molar-refractivity contribution is 8.00. The van der Waals surface area contributed by atoms with Crippen LogP contribution in [0.3, 0.4) is 0 Å². The fraction of sp³-hybridized carbons (Fsp3) is 0.478. The van der Waals surface area contributed by atoms with Gasteiger partial charge in [0, 0.05) is 0 Å². The molecule has 304 valence electrons. The first kappa shape index (κ1) is 40.6. The van der Waals surface area contributed by atoms with Gasteiger partial charge in [0.15, 0.2) is 17.9 Å². The second-order valence-corrected chi connectivity index (χ2v) is 17.1. The lowest BCUT2D eigenvalue weighted by Crippen LogP contribution is -2.61. The van der Waals surface area contributed by atoms with Gasteiger partial charge in [-0.1, -0.05) is 121 Å². The molecule has 0 amide bonds. The molecule has 0 aromatic heterocycles. The van der Waals surface area contributed by atoms with E-state index in [1.165, 1.54) is 0 Å². The minimum Gasteiger partial charge on any atom is -0.374 e. The van der Waals surface area contributed by atoms with Crippen LogP contribution in [-0.2, 0) is 73.8 Å². The molecule has 4 fully saturated rings. The van der Waals surface area contributed by atoms with Crippen LogP contribution in [-0.4, -0.2) is 84.5 Å². The fourth-order valence-electron chi connectivity index (χ4n) is 7.85. The molecule has 4 aromatic carbocycles. The van der Waals surface area contributed by atoms with Gasteiger partial charge >= 0.3 is 0 Å². The van der Waals surface area contributed by atoms with Crippen molar-refractivity contribution >= 4 is 11.8 Å². The topological polar surface area (TPSA) is 92.3 Å². The van der Waals surface area contributed by atoms with Crippen molar-refractivity contribution in [3.8, 4) is 0 Å². The summed E-state index contributed by atoms with van der Waals surface area (Å²) in [5, 5.41) is -0.269. The number of ether oxygens (including phenoxy) is 10. The summed E-state index contributed by atoms with van der Waals surface area (Å²) in [5.41, 5.74) is 3.63. The van der Waals surface area contributed by atoms with Gasteiger partial charge in [-0.05, 0) is 49.9 Å². The van der Waals surface area contributed by atoms with Crippen LogP contribution in [0.25, 0.3) is 0 Å². The van der Waals surface area contributed by atoms with Gasteiger partial charge in [-0.2, -0.15) is 0 Å². The third-order valence-electron chi connectivity index (χ3n) is 10.6. The van der Waals surface area contributed by atoms with Gasteiger partial charge in [0.2, 0.25) is 0 Å². The second-order valence-electron chi connectivity index (χ2n) is 15.9. The second kappa shape index (κ2) is 18.4. The van der Waals surface area contributed by atoms with E-state index in [9.17, 15) is 0 Å². The summed E-state index contributed by atoms with van der Waals surface area (Å²) >= 11 is 1.62.